The van der Waals surface area contributed by atoms with Crippen LogP contribution in [0.4, 0.5) is 5.69 Å². The van der Waals surface area contributed by atoms with Gasteiger partial charge in [0.1, 0.15) is 12.3 Å². The molecule has 0 saturated carbocycles. The van der Waals surface area contributed by atoms with Crippen molar-refractivity contribution in [1.29, 1.82) is 0 Å². The molecule has 0 bridgehead atoms. The highest BCUT2D eigenvalue weighted by atomic mass is 35.5. The van der Waals surface area contributed by atoms with Crippen LogP contribution in [0.25, 0.3) is 10.8 Å². The van der Waals surface area contributed by atoms with E-state index in [9.17, 15) is 18.3 Å². The van der Waals surface area contributed by atoms with E-state index in [0.717, 1.165) is 9.69 Å². The molecule has 0 heterocycles. The minimum Gasteiger partial charge on any atom is -0.496 e. The van der Waals surface area contributed by atoms with Gasteiger partial charge in [-0.1, -0.05) is 47.5 Å². The van der Waals surface area contributed by atoms with Gasteiger partial charge >= 0.3 is 5.97 Å². The molecule has 0 aliphatic rings. The number of sulfonamides is 1. The summed E-state index contributed by atoms with van der Waals surface area (Å²) >= 11 is 11.9. The van der Waals surface area contributed by atoms with Crippen LogP contribution in [0, 0.1) is 0 Å². The zero-order valence-corrected chi connectivity index (χ0v) is 16.9. The zero-order chi connectivity index (χ0) is 20.5. The van der Waals surface area contributed by atoms with E-state index in [-0.39, 0.29) is 20.6 Å². The minimum atomic E-state index is -4.26. The van der Waals surface area contributed by atoms with Crippen LogP contribution in [0.5, 0.6) is 5.75 Å². The predicted octanol–water partition coefficient (Wildman–Crippen LogP) is 4.44. The van der Waals surface area contributed by atoms with Gasteiger partial charge in [-0.3, -0.25) is 9.10 Å². The fourth-order valence-electron chi connectivity index (χ4n) is 2.82. The zero-order valence-electron chi connectivity index (χ0n) is 14.6. The number of nitrogens with zero attached hydrogens (tertiary/aromatic N) is 1. The molecule has 0 atom stereocenters. The van der Waals surface area contributed by atoms with Crippen LogP contribution in [-0.4, -0.2) is 33.1 Å². The third-order valence-corrected chi connectivity index (χ3v) is 6.21. The first-order valence-electron chi connectivity index (χ1n) is 8.00. The van der Waals surface area contributed by atoms with E-state index in [1.54, 1.807) is 18.2 Å². The van der Waals surface area contributed by atoms with Crippen LogP contribution in [0.1, 0.15) is 0 Å². The molecule has 0 aromatic heterocycles. The summed E-state index contributed by atoms with van der Waals surface area (Å²) in [6.45, 7) is -0.784. The van der Waals surface area contributed by atoms with Gasteiger partial charge < -0.3 is 9.84 Å². The summed E-state index contributed by atoms with van der Waals surface area (Å²) in [5, 5.41) is 11.0. The molecule has 0 unspecified atom stereocenters. The average molecular weight is 440 g/mol. The number of carboxylic acids is 1. The highest BCUT2D eigenvalue weighted by Gasteiger charge is 2.28. The van der Waals surface area contributed by atoms with E-state index in [4.69, 9.17) is 27.9 Å². The lowest BCUT2D eigenvalue weighted by Crippen LogP contribution is -2.35. The van der Waals surface area contributed by atoms with Crippen molar-refractivity contribution in [2.24, 2.45) is 0 Å². The first-order valence-corrected chi connectivity index (χ1v) is 10.2. The summed E-state index contributed by atoms with van der Waals surface area (Å²) < 4.78 is 32.6. The molecular formula is C19H15Cl2NO5S. The van der Waals surface area contributed by atoms with Crippen LogP contribution >= 0.6 is 23.2 Å². The molecule has 0 fully saturated rings. The smallest absolute Gasteiger partial charge is 0.324 e. The van der Waals surface area contributed by atoms with Gasteiger partial charge in [0.2, 0.25) is 0 Å². The maximum atomic E-state index is 13.2. The van der Waals surface area contributed by atoms with Crippen LogP contribution in [0.2, 0.25) is 10.0 Å². The van der Waals surface area contributed by atoms with E-state index in [1.807, 2.05) is 12.1 Å². The molecule has 3 rings (SSSR count). The normalized spacial score (nSPS) is 11.4. The number of aliphatic carboxylic acids is 1. The Kier molecular flexibility index (Phi) is 5.69. The Bertz CT molecular complexity index is 1140. The third kappa shape index (κ3) is 4.01. The van der Waals surface area contributed by atoms with E-state index in [2.05, 4.69) is 0 Å². The fraction of sp³-hybridized carbons (Fsp3) is 0.105. The van der Waals surface area contributed by atoms with E-state index >= 15 is 0 Å². The quantitative estimate of drug-likeness (QED) is 0.613. The number of halogens is 2. The maximum Gasteiger partial charge on any atom is 0.324 e. The van der Waals surface area contributed by atoms with Gasteiger partial charge in [-0.25, -0.2) is 8.42 Å². The third-order valence-electron chi connectivity index (χ3n) is 4.02. The topological polar surface area (TPSA) is 83.9 Å². The lowest BCUT2D eigenvalue weighted by Gasteiger charge is -2.24. The molecular weight excluding hydrogens is 425 g/mol. The molecule has 9 heteroatoms. The number of methoxy groups -OCH3 is 1. The Hall–Kier alpha value is -2.48. The lowest BCUT2D eigenvalue weighted by atomic mass is 10.1. The minimum absolute atomic E-state index is 0.123. The number of hydrogen-bond donors (Lipinski definition) is 1. The molecule has 0 saturated heterocycles. The maximum absolute atomic E-state index is 13.2. The van der Waals surface area contributed by atoms with Gasteiger partial charge in [-0.2, -0.15) is 0 Å². The Morgan fingerprint density at radius 1 is 1.07 bits per heavy atom. The predicted molar refractivity (Wildman–Crippen MR) is 109 cm³/mol. The molecule has 3 aromatic carbocycles. The van der Waals surface area contributed by atoms with Crippen molar-refractivity contribution in [1.82, 2.24) is 0 Å². The van der Waals surface area contributed by atoms with E-state index < -0.39 is 22.5 Å². The summed E-state index contributed by atoms with van der Waals surface area (Å²) in [5.74, 6) is -0.897. The van der Waals surface area contributed by atoms with Crippen molar-refractivity contribution < 1.29 is 23.1 Å². The molecule has 0 aliphatic heterocycles. The van der Waals surface area contributed by atoms with Crippen molar-refractivity contribution in [2.45, 2.75) is 4.90 Å². The van der Waals surface area contributed by atoms with Crippen molar-refractivity contribution in [2.75, 3.05) is 18.0 Å². The number of ether oxygens (including phenoxy) is 1. The number of anilines is 1. The number of carboxylic acid groups (broad SMARTS) is 1. The number of hydrogen-bond acceptors (Lipinski definition) is 4. The SMILES string of the molecule is COc1cc(N(CC(=O)O)S(=O)(=O)c2cc(Cl)cc(Cl)c2)cc2ccccc12. The molecule has 6 nitrogen and oxygen atoms in total. The van der Waals surface area contributed by atoms with Crippen LogP contribution in [0.3, 0.4) is 0 Å². The van der Waals surface area contributed by atoms with E-state index in [1.165, 1.54) is 31.4 Å². The van der Waals surface area contributed by atoms with Gasteiger partial charge in [0, 0.05) is 21.5 Å². The Balaban J connectivity index is 2.23. The standard InChI is InChI=1S/C19H15Cl2NO5S/c1-27-18-10-15(6-12-4-2-3-5-17(12)18)22(11-19(23)24)28(25,26)16-8-13(20)7-14(21)9-16/h2-10H,11H2,1H3,(H,23,24). The molecule has 0 radical (unpaired) electrons. The lowest BCUT2D eigenvalue weighted by molar-refractivity contribution is -0.135. The highest BCUT2D eigenvalue weighted by molar-refractivity contribution is 7.92. The van der Waals surface area contributed by atoms with Crippen molar-refractivity contribution in [3.05, 3.63) is 64.6 Å². The molecule has 0 amide bonds. The second-order valence-corrected chi connectivity index (χ2v) is 8.61. The summed E-state index contributed by atoms with van der Waals surface area (Å²) in [5.41, 5.74) is 0.147. The first kappa shape index (κ1) is 20.3. The van der Waals surface area contributed by atoms with Crippen molar-refractivity contribution in [3.63, 3.8) is 0 Å². The molecule has 146 valence electrons. The van der Waals surface area contributed by atoms with Gasteiger partial charge in [0.05, 0.1) is 17.7 Å². The number of benzene rings is 3. The summed E-state index contributed by atoms with van der Waals surface area (Å²) in [4.78, 5) is 11.2. The summed E-state index contributed by atoms with van der Waals surface area (Å²) in [6, 6.07) is 14.1. The molecule has 0 aliphatic carbocycles. The van der Waals surface area contributed by atoms with Gasteiger partial charge in [-0.05, 0) is 29.7 Å². The number of carbonyl (C=O) groups is 1. The largest absolute Gasteiger partial charge is 0.496 e. The second-order valence-electron chi connectivity index (χ2n) is 5.88. The molecule has 0 spiro atoms. The van der Waals surface area contributed by atoms with Gasteiger partial charge in [0.15, 0.2) is 0 Å². The monoisotopic (exact) mass is 439 g/mol. The number of rotatable bonds is 6. The first-order chi connectivity index (χ1) is 13.2. The molecule has 3 aromatic rings. The average Bonchev–Trinajstić information content (AvgIpc) is 2.64. The second kappa shape index (κ2) is 7.87. The van der Waals surface area contributed by atoms with Crippen molar-refractivity contribution in [3.8, 4) is 5.75 Å². The summed E-state index contributed by atoms with van der Waals surface area (Å²) in [7, 11) is -2.80. The number of fused-ring (bicyclic) bond motifs is 1. The summed E-state index contributed by atoms with van der Waals surface area (Å²) in [6.07, 6.45) is 0. The Labute approximate surface area is 171 Å². The Morgan fingerprint density at radius 2 is 1.71 bits per heavy atom. The van der Waals surface area contributed by atoms with Crippen LogP contribution in [0.15, 0.2) is 59.5 Å². The van der Waals surface area contributed by atoms with Gasteiger partial charge in [-0.15, -0.1) is 0 Å². The van der Waals surface area contributed by atoms with Gasteiger partial charge in [0.25, 0.3) is 10.0 Å². The van der Waals surface area contributed by atoms with Crippen LogP contribution in [-0.2, 0) is 14.8 Å². The Morgan fingerprint density at radius 3 is 2.32 bits per heavy atom. The van der Waals surface area contributed by atoms with Crippen molar-refractivity contribution >= 4 is 55.7 Å². The molecule has 1 N–H and O–H groups in total. The van der Waals surface area contributed by atoms with E-state index in [0.29, 0.717) is 11.1 Å². The highest BCUT2D eigenvalue weighted by Crippen LogP contribution is 2.34. The fourth-order valence-corrected chi connectivity index (χ4v) is 4.94. The van der Waals surface area contributed by atoms with Crippen LogP contribution < -0.4 is 9.04 Å². The molecule has 28 heavy (non-hydrogen) atoms.